The number of carbonyl (C=O) groups is 3. The third-order valence-electron chi connectivity index (χ3n) is 9.12. The fraction of sp³-hybridized carbons (Fsp3) is 0.531. The van der Waals surface area contributed by atoms with Crippen molar-refractivity contribution in [3.63, 3.8) is 0 Å². The molecule has 2 aromatic carbocycles. The Hall–Kier alpha value is -3.05. The van der Waals surface area contributed by atoms with Gasteiger partial charge in [0.1, 0.15) is 0 Å². The molecule has 226 valence electrons. The lowest BCUT2D eigenvalue weighted by Crippen LogP contribution is -2.54. The zero-order chi connectivity index (χ0) is 30.2. The van der Waals surface area contributed by atoms with E-state index in [0.717, 1.165) is 24.0 Å². The van der Waals surface area contributed by atoms with Gasteiger partial charge in [-0.2, -0.15) is 0 Å². The van der Waals surface area contributed by atoms with E-state index in [1.807, 2.05) is 55.6 Å². The maximum absolute atomic E-state index is 13.6. The number of aryl methyl sites for hydroxylation is 1. The van der Waals surface area contributed by atoms with Crippen LogP contribution in [0, 0.1) is 5.92 Å². The Morgan fingerprint density at radius 3 is 2.36 bits per heavy atom. The molecule has 6 atom stereocenters. The number of nitrogens with zero attached hydrogens (tertiary/aromatic N) is 2. The minimum Gasteiger partial charge on any atom is -0.441 e. The van der Waals surface area contributed by atoms with Crippen molar-refractivity contribution < 1.29 is 33.8 Å². The van der Waals surface area contributed by atoms with E-state index >= 15 is 0 Å². The minimum absolute atomic E-state index is 0.0483. The van der Waals surface area contributed by atoms with E-state index in [9.17, 15) is 24.3 Å². The Morgan fingerprint density at radius 2 is 1.74 bits per heavy atom. The normalized spacial score (nSPS) is 27.4. The average molecular weight is 595 g/mol. The molecule has 0 saturated carbocycles. The number of anilines is 1. The summed E-state index contributed by atoms with van der Waals surface area (Å²) in [4.78, 5) is 51.6. The third kappa shape index (κ3) is 6.32. The van der Waals surface area contributed by atoms with E-state index in [2.05, 4.69) is 13.0 Å². The molecule has 3 aliphatic rings. The van der Waals surface area contributed by atoms with Crippen LogP contribution in [0.5, 0.6) is 0 Å². The number of rotatable bonds is 9. The maximum Gasteiger partial charge on any atom is 0.304 e. The first-order valence-electron chi connectivity index (χ1n) is 14.9. The number of amides is 2. The predicted octanol–water partition coefficient (Wildman–Crippen LogP) is 3.55. The zero-order valence-electron chi connectivity index (χ0n) is 24.9. The topological polar surface area (TPSA) is 117 Å². The number of aliphatic hydroxyl groups is 1. The van der Waals surface area contributed by atoms with Crippen molar-refractivity contribution in [2.24, 2.45) is 5.92 Å². The highest BCUT2D eigenvalue weighted by atomic mass is 28.4. The highest BCUT2D eigenvalue weighted by molar-refractivity contribution is 6.71. The third-order valence-corrected chi connectivity index (χ3v) is 11.7. The summed E-state index contributed by atoms with van der Waals surface area (Å²) in [6.07, 6.45) is 1.45. The summed E-state index contributed by atoms with van der Waals surface area (Å²) in [5, 5.41) is 10.1. The van der Waals surface area contributed by atoms with Gasteiger partial charge in [0.25, 0.3) is 0 Å². The summed E-state index contributed by atoms with van der Waals surface area (Å²) in [5.74, 6) is -0.453. The second-order valence-corrected chi connectivity index (χ2v) is 16.5. The molecule has 10 heteroatoms. The summed E-state index contributed by atoms with van der Waals surface area (Å²) in [6.45, 7) is 7.67. The van der Waals surface area contributed by atoms with Crippen LogP contribution in [0.25, 0.3) is 0 Å². The molecular weight excluding hydrogens is 552 g/mol. The predicted molar refractivity (Wildman–Crippen MR) is 160 cm³/mol. The lowest BCUT2D eigenvalue weighted by Gasteiger charge is -2.39. The summed E-state index contributed by atoms with van der Waals surface area (Å²) in [5.41, 5.74) is 3.96. The van der Waals surface area contributed by atoms with Crippen LogP contribution >= 0.6 is 0 Å². The highest BCUT2D eigenvalue weighted by Gasteiger charge is 2.50. The van der Waals surface area contributed by atoms with Crippen LogP contribution in [0.1, 0.15) is 49.8 Å². The molecule has 3 aliphatic heterocycles. The Morgan fingerprint density at radius 1 is 1.05 bits per heavy atom. The van der Waals surface area contributed by atoms with Crippen molar-refractivity contribution in [3.05, 3.63) is 65.2 Å². The monoisotopic (exact) mass is 594 g/mol. The number of β-lactam (4-membered cyclic amide) rings is 1. The van der Waals surface area contributed by atoms with Gasteiger partial charge in [-0.3, -0.25) is 19.3 Å². The molecule has 2 amide bonds. The molecule has 0 bridgehead atoms. The van der Waals surface area contributed by atoms with Crippen LogP contribution in [0.4, 0.5) is 5.69 Å². The second kappa shape index (κ2) is 12.3. The number of esters is 1. The van der Waals surface area contributed by atoms with Crippen LogP contribution in [0.15, 0.2) is 48.5 Å². The van der Waals surface area contributed by atoms with Gasteiger partial charge in [-0.05, 0) is 67.1 Å². The van der Waals surface area contributed by atoms with Crippen LogP contribution in [-0.4, -0.2) is 72.0 Å². The van der Waals surface area contributed by atoms with Crippen molar-refractivity contribution in [3.8, 4) is 0 Å². The standard InChI is InChI=1S/C32H42N2O7Si/c1-20-27(14-11-22-9-12-25(13-10-22)34-30(38)17-31(34)40-21(2)36)41-28(32(20)42(3,4)39)16-29(37)33-18-24-8-6-5-7-23(24)15-26(33)19-35/h5-10,12-13,20,26-28,31-32,35,39H,11,14-19H2,1-4H3/t20-,26+,27+,28-,31?,32+/m1/s1. The van der Waals surface area contributed by atoms with Crippen molar-refractivity contribution in [1.29, 1.82) is 0 Å². The van der Waals surface area contributed by atoms with E-state index in [1.165, 1.54) is 17.4 Å². The van der Waals surface area contributed by atoms with E-state index in [0.29, 0.717) is 18.7 Å². The van der Waals surface area contributed by atoms with Crippen molar-refractivity contribution in [2.75, 3.05) is 11.5 Å². The van der Waals surface area contributed by atoms with Gasteiger partial charge in [0.15, 0.2) is 14.5 Å². The number of carbonyl (C=O) groups excluding carboxylic acids is 3. The minimum atomic E-state index is -2.66. The first-order chi connectivity index (χ1) is 20.0. The van der Waals surface area contributed by atoms with Gasteiger partial charge in [-0.15, -0.1) is 0 Å². The molecule has 0 aromatic heterocycles. The molecule has 42 heavy (non-hydrogen) atoms. The van der Waals surface area contributed by atoms with Gasteiger partial charge in [0.2, 0.25) is 11.8 Å². The Labute approximate surface area is 248 Å². The zero-order valence-corrected chi connectivity index (χ0v) is 25.9. The Balaban J connectivity index is 1.23. The van der Waals surface area contributed by atoms with Crippen molar-refractivity contribution in [2.45, 2.75) is 95.6 Å². The van der Waals surface area contributed by atoms with Crippen LogP contribution < -0.4 is 4.90 Å². The molecule has 2 saturated heterocycles. The molecule has 0 aliphatic carbocycles. The fourth-order valence-electron chi connectivity index (χ4n) is 7.05. The number of ether oxygens (including phenoxy) is 2. The molecular formula is C32H42N2O7Si. The summed E-state index contributed by atoms with van der Waals surface area (Å²) < 4.78 is 11.8. The Kier molecular flexibility index (Phi) is 8.89. The molecule has 3 heterocycles. The molecule has 9 nitrogen and oxygen atoms in total. The van der Waals surface area contributed by atoms with Gasteiger partial charge in [-0.25, -0.2) is 0 Å². The molecule has 2 fully saturated rings. The lowest BCUT2D eigenvalue weighted by molar-refractivity contribution is -0.154. The van der Waals surface area contributed by atoms with Gasteiger partial charge in [0.05, 0.1) is 37.7 Å². The molecule has 0 radical (unpaired) electrons. The van der Waals surface area contributed by atoms with Gasteiger partial charge < -0.3 is 24.3 Å². The Bertz CT molecular complexity index is 1310. The smallest absolute Gasteiger partial charge is 0.304 e. The van der Waals surface area contributed by atoms with Gasteiger partial charge in [-0.1, -0.05) is 43.3 Å². The first-order valence-corrected chi connectivity index (χ1v) is 17.9. The van der Waals surface area contributed by atoms with E-state index in [4.69, 9.17) is 9.47 Å². The number of hydrogen-bond acceptors (Lipinski definition) is 7. The van der Waals surface area contributed by atoms with Crippen LogP contribution in [-0.2, 0) is 43.2 Å². The first kappa shape index (κ1) is 30.4. The van der Waals surface area contributed by atoms with Gasteiger partial charge in [0, 0.05) is 24.7 Å². The van der Waals surface area contributed by atoms with E-state index in [-0.39, 0.29) is 61.0 Å². The van der Waals surface area contributed by atoms with E-state index in [1.54, 1.807) is 4.90 Å². The average Bonchev–Trinajstić information content (AvgIpc) is 3.25. The maximum atomic E-state index is 13.6. The van der Waals surface area contributed by atoms with E-state index < -0.39 is 20.5 Å². The van der Waals surface area contributed by atoms with Crippen LogP contribution in [0.3, 0.4) is 0 Å². The number of aliphatic hydroxyl groups excluding tert-OH is 1. The number of hydrogen-bond donors (Lipinski definition) is 2. The second-order valence-electron chi connectivity index (χ2n) is 12.5. The number of benzene rings is 2. The summed E-state index contributed by atoms with van der Waals surface area (Å²) in [6, 6.07) is 15.5. The summed E-state index contributed by atoms with van der Waals surface area (Å²) in [7, 11) is -2.66. The van der Waals surface area contributed by atoms with Crippen molar-refractivity contribution >= 4 is 31.8 Å². The number of fused-ring (bicyclic) bond motifs is 1. The molecule has 2 N–H and O–H groups in total. The van der Waals surface area contributed by atoms with Gasteiger partial charge >= 0.3 is 5.97 Å². The molecule has 2 aromatic rings. The quantitative estimate of drug-likeness (QED) is 0.259. The highest BCUT2D eigenvalue weighted by Crippen LogP contribution is 2.46. The lowest BCUT2D eigenvalue weighted by atomic mass is 9.93. The molecule has 5 rings (SSSR count). The molecule has 0 spiro atoms. The molecule has 1 unspecified atom stereocenters. The largest absolute Gasteiger partial charge is 0.441 e. The van der Waals surface area contributed by atoms with Crippen molar-refractivity contribution in [1.82, 2.24) is 4.90 Å². The van der Waals surface area contributed by atoms with Crippen LogP contribution in [0.2, 0.25) is 18.6 Å². The fourth-order valence-corrected chi connectivity index (χ4v) is 9.66. The SMILES string of the molecule is CC(=O)OC1CC(=O)N1c1ccc(CC[C@@H]2O[C@H](CC(=O)N3Cc4ccccc4C[C@H]3CO)[C@@H]([Si](C)(C)O)[C@@H]2C)cc1. The summed E-state index contributed by atoms with van der Waals surface area (Å²) >= 11 is 0.